The Kier molecular flexibility index (Phi) is 11.1. The zero-order valence-electron chi connectivity index (χ0n) is 17.7. The predicted octanol–water partition coefficient (Wildman–Crippen LogP) is -7.73. The van der Waals surface area contributed by atoms with Gasteiger partial charge in [0.05, 0.1) is 19.8 Å². The van der Waals surface area contributed by atoms with Crippen molar-refractivity contribution in [1.29, 1.82) is 0 Å². The monoisotopic (exact) mass is 504 g/mol. The van der Waals surface area contributed by atoms with Gasteiger partial charge in [-0.3, -0.25) is 0 Å². The number of aliphatic hydroxyl groups is 11. The molecule has 2 aliphatic heterocycles. The second-order valence-electron chi connectivity index (χ2n) is 8.06. The minimum Gasteiger partial charge on any atom is -0.394 e. The summed E-state index contributed by atoms with van der Waals surface area (Å²) >= 11 is 0. The van der Waals surface area contributed by atoms with Crippen molar-refractivity contribution >= 4 is 6.29 Å². The fraction of sp³-hybridized carbons (Fsp3) is 0.944. The number of carbonyl (C=O) groups excluding carboxylic acids is 1. The molecule has 2 fully saturated rings. The molecular formula is C18H32O16. The van der Waals surface area contributed by atoms with Crippen LogP contribution in [0.5, 0.6) is 0 Å². The van der Waals surface area contributed by atoms with Crippen molar-refractivity contribution in [2.75, 3.05) is 19.8 Å². The minimum atomic E-state index is -2.02. The molecule has 0 radical (unpaired) electrons. The van der Waals surface area contributed by atoms with Crippen LogP contribution >= 0.6 is 0 Å². The first-order chi connectivity index (χ1) is 15.9. The van der Waals surface area contributed by atoms with Gasteiger partial charge in [0.15, 0.2) is 18.9 Å². The molecule has 2 saturated heterocycles. The number of carbonyl (C=O) groups is 1. The largest absolute Gasteiger partial charge is 0.394 e. The van der Waals surface area contributed by atoms with Gasteiger partial charge in [-0.05, 0) is 0 Å². The summed E-state index contributed by atoms with van der Waals surface area (Å²) in [7, 11) is 0. The first-order valence-corrected chi connectivity index (χ1v) is 10.4. The maximum Gasteiger partial charge on any atom is 0.186 e. The van der Waals surface area contributed by atoms with E-state index in [0.717, 1.165) is 0 Å². The molecule has 16 nitrogen and oxygen atoms in total. The molecule has 0 amide bonds. The van der Waals surface area contributed by atoms with E-state index in [0.29, 0.717) is 0 Å². The normalized spacial score (nSPS) is 41.0. The summed E-state index contributed by atoms with van der Waals surface area (Å²) in [4.78, 5) is 10.4. The van der Waals surface area contributed by atoms with E-state index in [1.807, 2.05) is 0 Å². The zero-order valence-corrected chi connectivity index (χ0v) is 17.7. The van der Waals surface area contributed by atoms with Gasteiger partial charge in [-0.15, -0.1) is 0 Å². The van der Waals surface area contributed by atoms with Gasteiger partial charge in [-0.25, -0.2) is 0 Å². The molecule has 200 valence electrons. The van der Waals surface area contributed by atoms with Crippen molar-refractivity contribution < 1.29 is 79.9 Å². The highest BCUT2D eigenvalue weighted by atomic mass is 16.7. The average Bonchev–Trinajstić information content (AvgIpc) is 3.12. The third-order valence-corrected chi connectivity index (χ3v) is 5.58. The van der Waals surface area contributed by atoms with Crippen LogP contribution in [0.3, 0.4) is 0 Å². The number of ether oxygens (including phenoxy) is 4. The lowest BCUT2D eigenvalue weighted by atomic mass is 9.99. The van der Waals surface area contributed by atoms with E-state index in [-0.39, 0.29) is 6.29 Å². The molecule has 0 spiro atoms. The highest BCUT2D eigenvalue weighted by Gasteiger charge is 2.48. The maximum absolute atomic E-state index is 10.4. The number of aliphatic hydroxyl groups excluding tert-OH is 11. The highest BCUT2D eigenvalue weighted by molar-refractivity contribution is 5.56. The van der Waals surface area contributed by atoms with Crippen molar-refractivity contribution in [3.8, 4) is 0 Å². The average molecular weight is 504 g/mol. The van der Waals surface area contributed by atoms with Crippen LogP contribution in [0, 0.1) is 0 Å². The minimum absolute atomic E-state index is 0.0557. The summed E-state index contributed by atoms with van der Waals surface area (Å²) in [5, 5.41) is 107. The van der Waals surface area contributed by atoms with Crippen molar-refractivity contribution in [2.24, 2.45) is 0 Å². The summed E-state index contributed by atoms with van der Waals surface area (Å²) in [6, 6.07) is 0. The van der Waals surface area contributed by atoms with Crippen molar-refractivity contribution in [3.63, 3.8) is 0 Å². The van der Waals surface area contributed by atoms with E-state index in [9.17, 15) is 55.9 Å². The predicted molar refractivity (Wildman–Crippen MR) is 102 cm³/mol. The molecular weight excluding hydrogens is 472 g/mol. The zero-order chi connectivity index (χ0) is 25.7. The summed E-state index contributed by atoms with van der Waals surface area (Å²) in [6.45, 7) is -2.14. The number of hydrogen-bond acceptors (Lipinski definition) is 16. The van der Waals surface area contributed by atoms with Crippen LogP contribution in [0.25, 0.3) is 0 Å². The fourth-order valence-electron chi connectivity index (χ4n) is 3.42. The van der Waals surface area contributed by atoms with Crippen LogP contribution in [0.2, 0.25) is 0 Å². The molecule has 0 saturated carbocycles. The Morgan fingerprint density at radius 1 is 0.735 bits per heavy atom. The van der Waals surface area contributed by atoms with Crippen molar-refractivity contribution in [3.05, 3.63) is 0 Å². The van der Waals surface area contributed by atoms with E-state index < -0.39 is 106 Å². The van der Waals surface area contributed by atoms with E-state index >= 15 is 0 Å². The molecule has 11 N–H and O–H groups in total. The lowest BCUT2D eigenvalue weighted by Gasteiger charge is -2.40. The Labute approximate surface area is 192 Å². The van der Waals surface area contributed by atoms with Gasteiger partial charge in [0.25, 0.3) is 0 Å². The van der Waals surface area contributed by atoms with E-state index in [2.05, 4.69) is 0 Å². The molecule has 0 unspecified atom stereocenters. The van der Waals surface area contributed by atoms with Crippen LogP contribution < -0.4 is 0 Å². The molecule has 34 heavy (non-hydrogen) atoms. The summed E-state index contributed by atoms with van der Waals surface area (Å²) in [5.41, 5.74) is 0. The molecule has 14 atom stereocenters. The first kappa shape index (κ1) is 29.3. The molecule has 0 bridgehead atoms. The van der Waals surface area contributed by atoms with Crippen LogP contribution in [0.15, 0.2) is 0 Å². The van der Waals surface area contributed by atoms with E-state index in [4.69, 9.17) is 24.1 Å². The van der Waals surface area contributed by atoms with Gasteiger partial charge in [-0.1, -0.05) is 0 Å². The summed E-state index contributed by atoms with van der Waals surface area (Å²) in [5.74, 6) is 0. The smallest absolute Gasteiger partial charge is 0.186 e. The number of aldehydes is 1. The molecule has 2 heterocycles. The third kappa shape index (κ3) is 6.64. The topological polar surface area (TPSA) is 277 Å². The van der Waals surface area contributed by atoms with Gasteiger partial charge in [0, 0.05) is 0 Å². The van der Waals surface area contributed by atoms with Gasteiger partial charge in [0.2, 0.25) is 0 Å². The number of rotatable bonds is 12. The molecule has 0 aromatic rings. The van der Waals surface area contributed by atoms with Gasteiger partial charge in [0.1, 0.15) is 73.2 Å². The molecule has 16 heteroatoms. The van der Waals surface area contributed by atoms with Gasteiger partial charge in [-0.2, -0.15) is 0 Å². The Morgan fingerprint density at radius 3 is 1.88 bits per heavy atom. The Balaban J connectivity index is 1.87. The summed E-state index contributed by atoms with van der Waals surface area (Å²) in [6.07, 6.45) is -24.0. The van der Waals surface area contributed by atoms with Crippen molar-refractivity contribution in [2.45, 2.75) is 85.8 Å². The maximum atomic E-state index is 10.4. The van der Waals surface area contributed by atoms with Crippen LogP contribution in [-0.2, 0) is 23.7 Å². The molecule has 2 aliphatic rings. The lowest BCUT2D eigenvalue weighted by molar-refractivity contribution is -0.307. The van der Waals surface area contributed by atoms with E-state index in [1.54, 1.807) is 0 Å². The quantitative estimate of drug-likeness (QED) is 0.110. The SMILES string of the molecule is O=C[C@H](O)[C@@H](O)[C@@H](O)[C@H](O)CO[C@@H]1O[C@@H]([C@H](O)CO[C@H]2O[C@H](CO)[C@H](O)[C@H](O)[C@H]2O)[C@H](O)[C@H]1O. The molecule has 0 aromatic heterocycles. The summed E-state index contributed by atoms with van der Waals surface area (Å²) < 4.78 is 20.5. The Morgan fingerprint density at radius 2 is 1.29 bits per heavy atom. The molecule has 0 aromatic carbocycles. The van der Waals surface area contributed by atoms with Crippen LogP contribution in [0.1, 0.15) is 0 Å². The lowest BCUT2D eigenvalue weighted by Crippen LogP contribution is -2.59. The van der Waals surface area contributed by atoms with Crippen LogP contribution in [-0.4, -0.2) is 168 Å². The molecule has 2 rings (SSSR count). The Hall–Kier alpha value is -0.930. The van der Waals surface area contributed by atoms with E-state index in [1.165, 1.54) is 0 Å². The van der Waals surface area contributed by atoms with Gasteiger partial charge >= 0.3 is 0 Å². The molecule has 0 aliphatic carbocycles. The third-order valence-electron chi connectivity index (χ3n) is 5.58. The van der Waals surface area contributed by atoms with Crippen LogP contribution in [0.4, 0.5) is 0 Å². The standard InChI is InChI=1S/C18H32O16/c19-1-5(21)9(24)10(25)6(22)3-31-18-15(30)13(28)16(34-18)7(23)4-32-17-14(29)12(27)11(26)8(2-20)33-17/h1,5-18,20-30H,2-4H2/t5-,6+,7+,8+,9+,10-,11-,12-,13+,14+,15+,16-,17-,18+/m0/s1. The van der Waals surface area contributed by atoms with Crippen molar-refractivity contribution in [1.82, 2.24) is 0 Å². The first-order valence-electron chi connectivity index (χ1n) is 10.4. The highest BCUT2D eigenvalue weighted by Crippen LogP contribution is 2.27. The van der Waals surface area contributed by atoms with Gasteiger partial charge < -0.3 is 79.9 Å². The second kappa shape index (κ2) is 12.9. The fourth-order valence-corrected chi connectivity index (χ4v) is 3.42. The number of hydrogen-bond donors (Lipinski definition) is 11. The second-order valence-corrected chi connectivity index (χ2v) is 8.06. The Bertz CT molecular complexity index is 623.